The molecule has 1 saturated heterocycles. The van der Waals surface area contributed by atoms with Gasteiger partial charge in [0.25, 0.3) is 0 Å². The topological polar surface area (TPSA) is 209 Å². The summed E-state index contributed by atoms with van der Waals surface area (Å²) in [5.41, 5.74) is 2.01. The molecule has 0 aliphatic carbocycles. The van der Waals surface area contributed by atoms with Crippen molar-refractivity contribution in [1.29, 1.82) is 0 Å². The molecule has 6 rings (SSSR count). The monoisotopic (exact) mass is 710 g/mol. The molecule has 3 aliphatic heterocycles. The number of hydrogen-bond donors (Lipinski definition) is 2. The van der Waals surface area contributed by atoms with E-state index >= 15 is 0 Å². The highest BCUT2D eigenvalue weighted by Gasteiger charge is 2.54. The van der Waals surface area contributed by atoms with Gasteiger partial charge in [-0.1, -0.05) is 6.07 Å². The average molecular weight is 711 g/mol. The van der Waals surface area contributed by atoms with Gasteiger partial charge in [-0.3, -0.25) is 19.2 Å². The first kappa shape index (κ1) is 35.4. The van der Waals surface area contributed by atoms with E-state index in [2.05, 4.69) is 0 Å². The van der Waals surface area contributed by atoms with Crippen molar-refractivity contribution in [2.75, 3.05) is 13.4 Å². The number of fused-ring (bicyclic) bond motifs is 3. The second-order valence-electron chi connectivity index (χ2n) is 11.9. The number of benzene rings is 3. The molecular formula is C35H34O16. The largest absolute Gasteiger partial charge is 0.463 e. The van der Waals surface area contributed by atoms with Gasteiger partial charge in [0, 0.05) is 44.2 Å². The summed E-state index contributed by atoms with van der Waals surface area (Å²) in [4.78, 5) is 62.3. The first-order valence-corrected chi connectivity index (χ1v) is 15.8. The highest BCUT2D eigenvalue weighted by Crippen LogP contribution is 2.48. The van der Waals surface area contributed by atoms with Gasteiger partial charge in [0.15, 0.2) is 23.7 Å². The molecule has 3 aromatic carbocycles. The molecule has 270 valence electrons. The van der Waals surface area contributed by atoms with E-state index in [-0.39, 0.29) is 30.3 Å². The summed E-state index contributed by atoms with van der Waals surface area (Å²) in [6.07, 6.45) is -7.47. The lowest BCUT2D eigenvalue weighted by atomic mass is 9.87. The third-order valence-corrected chi connectivity index (χ3v) is 8.42. The number of carbonyl (C=O) groups excluding carboxylic acids is 5. The predicted molar refractivity (Wildman–Crippen MR) is 169 cm³/mol. The summed E-state index contributed by atoms with van der Waals surface area (Å²) in [5, 5.41) is 21.2. The summed E-state index contributed by atoms with van der Waals surface area (Å²) < 4.78 is 51.1. The Morgan fingerprint density at radius 1 is 0.745 bits per heavy atom. The second kappa shape index (κ2) is 14.4. The fourth-order valence-electron chi connectivity index (χ4n) is 6.40. The van der Waals surface area contributed by atoms with Crippen molar-refractivity contribution in [3.8, 4) is 28.4 Å². The minimum atomic E-state index is -1.64. The molecule has 5 atom stereocenters. The lowest BCUT2D eigenvalue weighted by Crippen LogP contribution is -2.63. The maximum absolute atomic E-state index is 13.5. The maximum atomic E-state index is 13.5. The molecule has 3 aromatic rings. The van der Waals surface area contributed by atoms with Crippen LogP contribution in [0.25, 0.3) is 21.9 Å². The van der Waals surface area contributed by atoms with E-state index in [1.807, 2.05) is 0 Å². The third-order valence-electron chi connectivity index (χ3n) is 8.42. The van der Waals surface area contributed by atoms with Crippen LogP contribution in [0.1, 0.15) is 54.7 Å². The zero-order valence-corrected chi connectivity index (χ0v) is 27.9. The van der Waals surface area contributed by atoms with Crippen LogP contribution in [0, 0.1) is 0 Å². The third kappa shape index (κ3) is 6.97. The zero-order valence-electron chi connectivity index (χ0n) is 27.9. The molecule has 1 fully saturated rings. The molecule has 16 nitrogen and oxygen atoms in total. The number of carbonyl (C=O) groups is 5. The second-order valence-corrected chi connectivity index (χ2v) is 11.9. The van der Waals surface area contributed by atoms with Crippen LogP contribution in [0.5, 0.6) is 17.2 Å². The van der Waals surface area contributed by atoms with Crippen molar-refractivity contribution >= 4 is 40.6 Å². The van der Waals surface area contributed by atoms with Crippen LogP contribution in [0.2, 0.25) is 0 Å². The summed E-state index contributed by atoms with van der Waals surface area (Å²) in [7, 11) is 0. The fourth-order valence-corrected chi connectivity index (χ4v) is 6.40. The van der Waals surface area contributed by atoms with Crippen LogP contribution < -0.4 is 14.2 Å². The van der Waals surface area contributed by atoms with Crippen molar-refractivity contribution in [3.05, 3.63) is 52.6 Å². The molecule has 0 saturated carbocycles. The van der Waals surface area contributed by atoms with Crippen LogP contribution >= 0.6 is 0 Å². The Hall–Kier alpha value is -5.45. The molecule has 0 radical (unpaired) electrons. The smallest absolute Gasteiger partial charge is 0.339 e. The molecule has 0 amide bonds. The van der Waals surface area contributed by atoms with Crippen LogP contribution in [-0.4, -0.2) is 84.2 Å². The van der Waals surface area contributed by atoms with E-state index in [1.165, 1.54) is 0 Å². The molecule has 2 N–H and O–H groups in total. The Kier molecular flexibility index (Phi) is 10.0. The minimum absolute atomic E-state index is 0.00966. The molecule has 1 unspecified atom stereocenters. The standard InChI is InChI=1S/C35H34O16/c1-15(38)43-13-27-31(47-16(2)39)32(48-17(3)40)33(49-18(4)41)35(50-27)51-30-23-8-21(11-37)20(10-36)7-22(23)28(29-24(30)12-44-34(29)42)19-5-6-25-26(9-19)46-14-45-25/h5-9,27,31-33,35-37H,10-14H2,1-4H3/t27-,31+,32+,33-,35?/m1/s1. The number of ether oxygens (including phenoxy) is 9. The van der Waals surface area contributed by atoms with E-state index < -0.39 is 80.4 Å². The quantitative estimate of drug-likeness (QED) is 0.229. The van der Waals surface area contributed by atoms with Gasteiger partial charge in [0.05, 0.1) is 18.8 Å². The van der Waals surface area contributed by atoms with Crippen LogP contribution in [0.3, 0.4) is 0 Å². The highest BCUT2D eigenvalue weighted by atomic mass is 16.7. The number of aliphatic hydroxyl groups excluding tert-OH is 2. The maximum Gasteiger partial charge on any atom is 0.339 e. The van der Waals surface area contributed by atoms with Gasteiger partial charge >= 0.3 is 29.8 Å². The molecule has 0 bridgehead atoms. The molecule has 3 aliphatic rings. The Labute approximate surface area is 290 Å². The van der Waals surface area contributed by atoms with Crippen LogP contribution in [0.15, 0.2) is 30.3 Å². The highest BCUT2D eigenvalue weighted by molar-refractivity contribution is 6.13. The Morgan fingerprint density at radius 2 is 1.37 bits per heavy atom. The summed E-state index contributed by atoms with van der Waals surface area (Å²) >= 11 is 0. The molecule has 0 aromatic heterocycles. The van der Waals surface area contributed by atoms with Crippen molar-refractivity contribution < 1.29 is 76.8 Å². The van der Waals surface area contributed by atoms with E-state index in [4.69, 9.17) is 42.6 Å². The number of esters is 5. The van der Waals surface area contributed by atoms with Gasteiger partial charge in [0.2, 0.25) is 19.2 Å². The Morgan fingerprint density at radius 3 is 2.02 bits per heavy atom. The van der Waals surface area contributed by atoms with Crippen molar-refractivity contribution in [2.45, 2.75) is 78.2 Å². The van der Waals surface area contributed by atoms with Gasteiger partial charge in [0.1, 0.15) is 25.1 Å². The molecule has 0 spiro atoms. The van der Waals surface area contributed by atoms with Gasteiger partial charge < -0.3 is 52.8 Å². The van der Waals surface area contributed by atoms with Crippen LogP contribution in [0.4, 0.5) is 0 Å². The summed E-state index contributed by atoms with van der Waals surface area (Å²) in [6.45, 7) is 2.76. The van der Waals surface area contributed by atoms with Crippen molar-refractivity contribution in [2.24, 2.45) is 0 Å². The minimum Gasteiger partial charge on any atom is -0.463 e. The Balaban J connectivity index is 1.57. The van der Waals surface area contributed by atoms with Crippen LogP contribution in [-0.2, 0) is 67.4 Å². The van der Waals surface area contributed by atoms with Gasteiger partial charge in [-0.25, -0.2) is 4.79 Å². The van der Waals surface area contributed by atoms with E-state index in [0.29, 0.717) is 44.5 Å². The summed E-state index contributed by atoms with van der Waals surface area (Å²) in [6, 6.07) is 8.29. The van der Waals surface area contributed by atoms with E-state index in [1.54, 1.807) is 30.3 Å². The molecule has 16 heteroatoms. The first-order valence-electron chi connectivity index (χ1n) is 15.8. The first-order chi connectivity index (χ1) is 24.4. The van der Waals surface area contributed by atoms with Gasteiger partial charge in [-0.05, 0) is 46.3 Å². The Bertz CT molecular complexity index is 1920. The fraction of sp³-hybridized carbons (Fsp3) is 0.400. The normalized spacial score (nSPS) is 21.8. The number of cyclic esters (lactones) is 1. The van der Waals surface area contributed by atoms with Gasteiger partial charge in [-0.15, -0.1) is 0 Å². The number of hydrogen-bond acceptors (Lipinski definition) is 16. The van der Waals surface area contributed by atoms with E-state index in [0.717, 1.165) is 27.7 Å². The number of aliphatic hydroxyl groups is 2. The van der Waals surface area contributed by atoms with Gasteiger partial charge in [-0.2, -0.15) is 0 Å². The number of rotatable bonds is 10. The van der Waals surface area contributed by atoms with Crippen molar-refractivity contribution in [1.82, 2.24) is 0 Å². The predicted octanol–water partition coefficient (Wildman–Crippen LogP) is 2.35. The average Bonchev–Trinajstić information content (AvgIpc) is 3.71. The SMILES string of the molecule is CC(=O)OC[C@H]1OC(Oc2c3c(c(-c4ccc5c(c4)OCO5)c4cc(CO)c(CO)cc24)C(=O)OC3)[C@H](OC(C)=O)[C@@H](OC(C)=O)[C@H]1OC(C)=O. The zero-order chi connectivity index (χ0) is 36.6. The molecule has 3 heterocycles. The lowest BCUT2D eigenvalue weighted by molar-refractivity contribution is -0.288. The molecule has 51 heavy (non-hydrogen) atoms. The van der Waals surface area contributed by atoms with Crippen molar-refractivity contribution in [3.63, 3.8) is 0 Å². The lowest BCUT2D eigenvalue weighted by Gasteiger charge is -2.44. The molecular weight excluding hydrogens is 676 g/mol. The summed E-state index contributed by atoms with van der Waals surface area (Å²) in [5.74, 6) is -2.90. The van der Waals surface area contributed by atoms with E-state index in [9.17, 15) is 34.2 Å².